The van der Waals surface area contributed by atoms with Crippen LogP contribution in [0.3, 0.4) is 0 Å². The van der Waals surface area contributed by atoms with E-state index in [1.54, 1.807) is 6.92 Å². The van der Waals surface area contributed by atoms with E-state index < -0.39 is 18.0 Å². The highest BCUT2D eigenvalue weighted by Gasteiger charge is 2.36. The minimum Gasteiger partial charge on any atom is -0.480 e. The Bertz CT molecular complexity index is 389. The number of carboxylic acid groups (broad SMARTS) is 1. The van der Waals surface area contributed by atoms with Crippen molar-refractivity contribution in [2.24, 2.45) is 0 Å². The number of nitrogens with one attached hydrogen (secondary N) is 1. The average molecular weight is 303 g/mol. The van der Waals surface area contributed by atoms with E-state index in [9.17, 15) is 14.4 Å². The summed E-state index contributed by atoms with van der Waals surface area (Å²) < 4.78 is 0. The average Bonchev–Trinajstić information content (AvgIpc) is 2.83. The lowest BCUT2D eigenvalue weighted by Crippen LogP contribution is -2.51. The second-order valence-electron chi connectivity index (χ2n) is 4.84. The maximum Gasteiger partial charge on any atom is 0.327 e. The highest BCUT2D eigenvalue weighted by Crippen LogP contribution is 2.22. The molecule has 0 aromatic heterocycles. The Morgan fingerprint density at radius 2 is 2.10 bits per heavy atom. The van der Waals surface area contributed by atoms with Crippen molar-refractivity contribution >= 4 is 29.7 Å². The first kappa shape index (κ1) is 16.6. The van der Waals surface area contributed by atoms with Crippen molar-refractivity contribution in [2.45, 2.75) is 32.9 Å². The molecule has 8 heteroatoms. The first-order chi connectivity index (χ1) is 9.36. The van der Waals surface area contributed by atoms with Crippen molar-refractivity contribution in [1.82, 2.24) is 15.1 Å². The summed E-state index contributed by atoms with van der Waals surface area (Å²) in [6.07, 6.45) is 0. The molecule has 1 atom stereocenters. The number of carbonyl (C=O) groups excluding carboxylic acids is 2. The number of rotatable bonds is 5. The first-order valence-electron chi connectivity index (χ1n) is 6.52. The molecule has 7 nitrogen and oxygen atoms in total. The number of amides is 3. The molecule has 0 spiro atoms. The summed E-state index contributed by atoms with van der Waals surface area (Å²) in [5, 5.41) is 11.8. The molecule has 1 fully saturated rings. The van der Waals surface area contributed by atoms with Crippen LogP contribution in [0.2, 0.25) is 0 Å². The van der Waals surface area contributed by atoms with Gasteiger partial charge in [0.15, 0.2) is 0 Å². The molecule has 0 radical (unpaired) electrons. The number of thioether (sulfide) groups is 1. The topological polar surface area (TPSA) is 90.0 Å². The molecule has 1 unspecified atom stereocenters. The largest absolute Gasteiger partial charge is 0.480 e. The molecule has 0 bridgehead atoms. The van der Waals surface area contributed by atoms with Crippen molar-refractivity contribution in [3.8, 4) is 0 Å². The molecule has 1 aliphatic rings. The van der Waals surface area contributed by atoms with Gasteiger partial charge in [-0.2, -0.15) is 0 Å². The Morgan fingerprint density at radius 1 is 1.45 bits per heavy atom. The van der Waals surface area contributed by atoms with Crippen molar-refractivity contribution in [3.05, 3.63) is 0 Å². The predicted molar refractivity (Wildman–Crippen MR) is 76.5 cm³/mol. The van der Waals surface area contributed by atoms with Crippen molar-refractivity contribution in [1.29, 1.82) is 0 Å². The zero-order valence-corrected chi connectivity index (χ0v) is 12.8. The van der Waals surface area contributed by atoms with Gasteiger partial charge in [0.2, 0.25) is 5.91 Å². The SMILES string of the molecule is CCN(CC(=O)NC(C)C)C(=O)N1CSCC1C(=O)O. The second kappa shape index (κ2) is 7.37. The van der Waals surface area contributed by atoms with Gasteiger partial charge in [-0.25, -0.2) is 9.59 Å². The van der Waals surface area contributed by atoms with E-state index in [2.05, 4.69) is 5.32 Å². The van der Waals surface area contributed by atoms with Crippen LogP contribution >= 0.6 is 11.8 Å². The Morgan fingerprint density at radius 3 is 2.60 bits per heavy atom. The van der Waals surface area contributed by atoms with E-state index in [1.807, 2.05) is 13.8 Å². The molecular weight excluding hydrogens is 282 g/mol. The third-order valence-corrected chi connectivity index (χ3v) is 3.86. The lowest BCUT2D eigenvalue weighted by atomic mass is 10.3. The quantitative estimate of drug-likeness (QED) is 0.768. The zero-order chi connectivity index (χ0) is 15.3. The molecule has 0 saturated carbocycles. The van der Waals surface area contributed by atoms with Crippen molar-refractivity contribution in [3.63, 3.8) is 0 Å². The van der Waals surface area contributed by atoms with Crippen LogP contribution in [-0.4, -0.2) is 69.6 Å². The van der Waals surface area contributed by atoms with Gasteiger partial charge in [-0.05, 0) is 20.8 Å². The fourth-order valence-electron chi connectivity index (χ4n) is 1.87. The molecule has 1 heterocycles. The van der Waals surface area contributed by atoms with Crippen LogP contribution in [-0.2, 0) is 9.59 Å². The van der Waals surface area contributed by atoms with Crippen LogP contribution in [0.5, 0.6) is 0 Å². The molecule has 20 heavy (non-hydrogen) atoms. The summed E-state index contributed by atoms with van der Waals surface area (Å²) in [6.45, 7) is 5.75. The smallest absolute Gasteiger partial charge is 0.327 e. The summed E-state index contributed by atoms with van der Waals surface area (Å²) in [5.41, 5.74) is 0. The summed E-state index contributed by atoms with van der Waals surface area (Å²) in [5.74, 6) is -0.519. The molecule has 0 aliphatic carbocycles. The van der Waals surface area contributed by atoms with Gasteiger partial charge in [-0.15, -0.1) is 11.8 Å². The highest BCUT2D eigenvalue weighted by molar-refractivity contribution is 7.99. The van der Waals surface area contributed by atoms with E-state index in [0.29, 0.717) is 18.2 Å². The fraction of sp³-hybridized carbons (Fsp3) is 0.750. The Balaban J connectivity index is 2.67. The van der Waals surface area contributed by atoms with E-state index >= 15 is 0 Å². The lowest BCUT2D eigenvalue weighted by Gasteiger charge is -2.28. The van der Waals surface area contributed by atoms with Gasteiger partial charge in [0.25, 0.3) is 0 Å². The van der Waals surface area contributed by atoms with Gasteiger partial charge in [-0.1, -0.05) is 0 Å². The van der Waals surface area contributed by atoms with Crippen LogP contribution < -0.4 is 5.32 Å². The van der Waals surface area contributed by atoms with Crippen LogP contribution in [0, 0.1) is 0 Å². The van der Waals surface area contributed by atoms with Gasteiger partial charge in [-0.3, -0.25) is 4.79 Å². The summed E-state index contributed by atoms with van der Waals surface area (Å²) >= 11 is 1.40. The summed E-state index contributed by atoms with van der Waals surface area (Å²) in [7, 11) is 0. The van der Waals surface area contributed by atoms with E-state index in [1.165, 1.54) is 21.6 Å². The van der Waals surface area contributed by atoms with Gasteiger partial charge < -0.3 is 20.2 Å². The highest BCUT2D eigenvalue weighted by atomic mass is 32.2. The number of hydrogen-bond acceptors (Lipinski definition) is 4. The molecule has 3 amide bonds. The van der Waals surface area contributed by atoms with Crippen LogP contribution in [0.15, 0.2) is 0 Å². The van der Waals surface area contributed by atoms with Crippen molar-refractivity contribution < 1.29 is 19.5 Å². The molecule has 1 aliphatic heterocycles. The number of hydrogen-bond donors (Lipinski definition) is 2. The van der Waals surface area contributed by atoms with Gasteiger partial charge in [0.1, 0.15) is 12.6 Å². The monoisotopic (exact) mass is 303 g/mol. The number of carbonyl (C=O) groups is 3. The summed E-state index contributed by atoms with van der Waals surface area (Å²) in [4.78, 5) is 37.8. The standard InChI is InChI=1S/C12H21N3O4S/c1-4-14(5-10(16)13-8(2)3)12(19)15-7-20-6-9(15)11(17)18/h8-9H,4-7H2,1-3H3,(H,13,16)(H,17,18). The van der Waals surface area contributed by atoms with E-state index in [4.69, 9.17) is 5.11 Å². The van der Waals surface area contributed by atoms with E-state index in [-0.39, 0.29) is 18.5 Å². The van der Waals surface area contributed by atoms with Crippen LogP contribution in [0.25, 0.3) is 0 Å². The molecule has 2 N–H and O–H groups in total. The van der Waals surface area contributed by atoms with Gasteiger partial charge >= 0.3 is 12.0 Å². The van der Waals surface area contributed by atoms with E-state index in [0.717, 1.165) is 0 Å². The third kappa shape index (κ3) is 4.29. The van der Waals surface area contributed by atoms with Gasteiger partial charge in [0.05, 0.1) is 5.88 Å². The maximum absolute atomic E-state index is 12.3. The normalized spacial score (nSPS) is 18.2. The van der Waals surface area contributed by atoms with Crippen molar-refractivity contribution in [2.75, 3.05) is 24.7 Å². The second-order valence-corrected chi connectivity index (χ2v) is 5.84. The molecule has 114 valence electrons. The van der Waals surface area contributed by atoms with Crippen LogP contribution in [0.1, 0.15) is 20.8 Å². The number of carboxylic acids is 1. The maximum atomic E-state index is 12.3. The molecule has 1 saturated heterocycles. The minimum absolute atomic E-state index is 0.00502. The summed E-state index contributed by atoms with van der Waals surface area (Å²) in [6, 6.07) is -1.20. The Kier molecular flexibility index (Phi) is 6.12. The fourth-order valence-corrected chi connectivity index (χ4v) is 3.01. The number of aliphatic carboxylic acids is 1. The lowest BCUT2D eigenvalue weighted by molar-refractivity contribution is -0.140. The van der Waals surface area contributed by atoms with Gasteiger partial charge in [0, 0.05) is 18.3 Å². The molecular formula is C12H21N3O4S. The number of nitrogens with zero attached hydrogens (tertiary/aromatic N) is 2. The third-order valence-electron chi connectivity index (χ3n) is 2.85. The number of urea groups is 1. The Labute approximate surface area is 122 Å². The molecule has 0 aromatic rings. The van der Waals surface area contributed by atoms with Crippen LogP contribution in [0.4, 0.5) is 4.79 Å². The molecule has 0 aromatic carbocycles. The predicted octanol–water partition coefficient (Wildman–Crippen LogP) is 0.412. The molecule has 1 rings (SSSR count). The first-order valence-corrected chi connectivity index (χ1v) is 7.67. The minimum atomic E-state index is -1.01. The Hall–Kier alpha value is -1.44. The zero-order valence-electron chi connectivity index (χ0n) is 12.0. The number of likely N-dealkylation sites (N-methyl/N-ethyl adjacent to an activating group) is 1.